The largest absolute Gasteiger partial charge is 0.480 e. The molecule has 2 unspecified atom stereocenters. The number of unbranched alkanes of at least 4 members (excludes halogenated alkanes) is 1. The second-order valence-corrected chi connectivity index (χ2v) is 5.56. The fourth-order valence-electron chi connectivity index (χ4n) is 2.47. The summed E-state index contributed by atoms with van der Waals surface area (Å²) in [6, 6.07) is 0. The lowest BCUT2D eigenvalue weighted by molar-refractivity contribution is -0.362. The highest BCUT2D eigenvalue weighted by Gasteiger charge is 2.59. The van der Waals surface area contributed by atoms with Crippen molar-refractivity contribution in [1.82, 2.24) is 0 Å². The van der Waals surface area contributed by atoms with Crippen LogP contribution in [0.25, 0.3) is 0 Å². The molecule has 1 aliphatic heterocycles. The zero-order valence-electron chi connectivity index (χ0n) is 12.0. The summed E-state index contributed by atoms with van der Waals surface area (Å²) in [5.74, 6) is -4.14. The number of ether oxygens (including phenoxy) is 1. The van der Waals surface area contributed by atoms with Gasteiger partial charge in [-0.2, -0.15) is 0 Å². The molecule has 0 aromatic rings. The lowest BCUT2D eigenvalue weighted by atomic mass is 9.79. The molecular formula is C12H24N2O8. The van der Waals surface area contributed by atoms with Crippen LogP contribution in [0.1, 0.15) is 19.3 Å². The molecule has 10 nitrogen and oxygen atoms in total. The Kier molecular flexibility index (Phi) is 6.24. The van der Waals surface area contributed by atoms with Gasteiger partial charge in [0.05, 0.1) is 6.61 Å². The summed E-state index contributed by atoms with van der Waals surface area (Å²) in [4.78, 5) is 11.5. The molecule has 130 valence electrons. The van der Waals surface area contributed by atoms with Gasteiger partial charge in [0.25, 0.3) is 0 Å². The van der Waals surface area contributed by atoms with E-state index in [0.29, 0.717) is 19.4 Å². The average molecular weight is 324 g/mol. The van der Waals surface area contributed by atoms with Crippen LogP contribution < -0.4 is 11.5 Å². The molecular weight excluding hydrogens is 300 g/mol. The van der Waals surface area contributed by atoms with Crippen LogP contribution in [0.5, 0.6) is 0 Å². The topological polar surface area (TPSA) is 200 Å². The maximum Gasteiger partial charge on any atom is 0.326 e. The van der Waals surface area contributed by atoms with Crippen LogP contribution in [-0.2, 0) is 9.53 Å². The van der Waals surface area contributed by atoms with Crippen molar-refractivity contribution in [3.8, 4) is 0 Å². The van der Waals surface area contributed by atoms with Crippen molar-refractivity contribution in [3.63, 3.8) is 0 Å². The Bertz CT molecular complexity index is 397. The molecule has 0 radical (unpaired) electrons. The molecule has 0 aromatic carbocycles. The Balaban J connectivity index is 3.09. The lowest BCUT2D eigenvalue weighted by Crippen LogP contribution is -2.74. The highest BCUT2D eigenvalue weighted by atomic mass is 16.7. The van der Waals surface area contributed by atoms with Gasteiger partial charge in [0.2, 0.25) is 5.79 Å². The number of aliphatic hydroxyl groups excluding tert-OH is 4. The third-order valence-corrected chi connectivity index (χ3v) is 3.95. The second kappa shape index (κ2) is 7.15. The van der Waals surface area contributed by atoms with Gasteiger partial charge in [-0.15, -0.1) is 0 Å². The number of hydrogen-bond acceptors (Lipinski definition) is 9. The van der Waals surface area contributed by atoms with Crippen LogP contribution in [0.4, 0.5) is 0 Å². The van der Waals surface area contributed by atoms with Gasteiger partial charge in [-0.1, -0.05) is 0 Å². The monoisotopic (exact) mass is 324 g/mol. The number of nitrogens with two attached hydrogens (primary N) is 2. The van der Waals surface area contributed by atoms with Crippen LogP contribution in [0, 0.1) is 0 Å². The van der Waals surface area contributed by atoms with E-state index >= 15 is 0 Å². The van der Waals surface area contributed by atoms with E-state index in [1.165, 1.54) is 0 Å². The van der Waals surface area contributed by atoms with Gasteiger partial charge >= 0.3 is 5.97 Å². The molecule has 22 heavy (non-hydrogen) atoms. The molecule has 0 amide bonds. The number of rotatable bonds is 7. The SMILES string of the molecule is NCCCCC(N)(C(=O)O)C1O[C@@](O)(CO)[C@@H](O)[C@H](O)[C@@H]1O. The van der Waals surface area contributed by atoms with Crippen molar-refractivity contribution in [2.75, 3.05) is 13.2 Å². The third-order valence-electron chi connectivity index (χ3n) is 3.95. The van der Waals surface area contributed by atoms with Crippen LogP contribution in [-0.4, -0.2) is 85.5 Å². The Labute approximate surface area is 126 Å². The van der Waals surface area contributed by atoms with E-state index in [-0.39, 0.29) is 6.42 Å². The Hall–Kier alpha value is -0.850. The first kappa shape index (κ1) is 19.2. The van der Waals surface area contributed by atoms with Gasteiger partial charge in [0.15, 0.2) is 0 Å². The zero-order chi connectivity index (χ0) is 17.1. The summed E-state index contributed by atoms with van der Waals surface area (Å²) in [5.41, 5.74) is 9.01. The van der Waals surface area contributed by atoms with Crippen LogP contribution >= 0.6 is 0 Å². The highest BCUT2D eigenvalue weighted by molar-refractivity contribution is 5.79. The molecule has 0 bridgehead atoms. The van der Waals surface area contributed by atoms with Gasteiger partial charge in [-0.3, -0.25) is 4.79 Å². The summed E-state index contributed by atoms with van der Waals surface area (Å²) in [6.45, 7) is -0.807. The number of hydrogen-bond donors (Lipinski definition) is 8. The van der Waals surface area contributed by atoms with Crippen molar-refractivity contribution in [3.05, 3.63) is 0 Å². The highest BCUT2D eigenvalue weighted by Crippen LogP contribution is 2.34. The molecule has 10 heteroatoms. The standard InChI is InChI=1S/C12H24N2O8/c13-4-2-1-3-11(14,10(19)20)9-7(17)6(16)8(18)12(21,5-15)22-9/h6-9,15-18,21H,1-5,13-14H2,(H,19,20)/t6-,7+,8+,9?,11?,12+/m1/s1. The molecule has 1 aliphatic rings. The van der Waals surface area contributed by atoms with Crippen LogP contribution in [0.15, 0.2) is 0 Å². The Morgan fingerprint density at radius 1 is 1.23 bits per heavy atom. The minimum absolute atomic E-state index is 0.147. The number of aliphatic carboxylic acids is 1. The van der Waals surface area contributed by atoms with Crippen LogP contribution in [0.3, 0.4) is 0 Å². The molecule has 1 saturated heterocycles. The van der Waals surface area contributed by atoms with E-state index < -0.39 is 48.3 Å². The fraction of sp³-hybridized carbons (Fsp3) is 0.917. The van der Waals surface area contributed by atoms with Crippen molar-refractivity contribution >= 4 is 5.97 Å². The van der Waals surface area contributed by atoms with Gasteiger partial charge in [-0.25, -0.2) is 0 Å². The number of carboxylic acids is 1. The van der Waals surface area contributed by atoms with E-state index in [2.05, 4.69) is 0 Å². The van der Waals surface area contributed by atoms with Crippen molar-refractivity contribution in [2.24, 2.45) is 11.5 Å². The molecule has 1 heterocycles. The maximum absolute atomic E-state index is 11.5. The molecule has 6 atom stereocenters. The van der Waals surface area contributed by atoms with Gasteiger partial charge < -0.3 is 46.8 Å². The first-order valence-corrected chi connectivity index (χ1v) is 6.91. The molecule has 0 spiro atoms. The first-order chi connectivity index (χ1) is 10.1. The second-order valence-electron chi connectivity index (χ2n) is 5.56. The molecule has 0 aromatic heterocycles. The number of carbonyl (C=O) groups is 1. The quantitative estimate of drug-likeness (QED) is 0.214. The predicted octanol–water partition coefficient (Wildman–Crippen LogP) is -3.94. The summed E-state index contributed by atoms with van der Waals surface area (Å²) >= 11 is 0. The minimum Gasteiger partial charge on any atom is -0.480 e. The smallest absolute Gasteiger partial charge is 0.326 e. The molecule has 10 N–H and O–H groups in total. The van der Waals surface area contributed by atoms with E-state index in [1.807, 2.05) is 0 Å². The molecule has 0 aliphatic carbocycles. The lowest BCUT2D eigenvalue weighted by Gasteiger charge is -2.49. The van der Waals surface area contributed by atoms with Gasteiger partial charge in [0, 0.05) is 0 Å². The van der Waals surface area contributed by atoms with Gasteiger partial charge in [0.1, 0.15) is 30.0 Å². The fourth-order valence-corrected chi connectivity index (χ4v) is 2.47. The van der Waals surface area contributed by atoms with Crippen LogP contribution in [0.2, 0.25) is 0 Å². The molecule has 0 saturated carbocycles. The summed E-state index contributed by atoms with van der Waals surface area (Å²) in [7, 11) is 0. The van der Waals surface area contributed by atoms with E-state index in [9.17, 15) is 30.3 Å². The van der Waals surface area contributed by atoms with E-state index in [4.69, 9.17) is 21.3 Å². The van der Waals surface area contributed by atoms with Crippen molar-refractivity contribution in [2.45, 2.75) is 55.0 Å². The maximum atomic E-state index is 11.5. The first-order valence-electron chi connectivity index (χ1n) is 6.91. The Morgan fingerprint density at radius 3 is 2.27 bits per heavy atom. The normalized spacial score (nSPS) is 38.5. The van der Waals surface area contributed by atoms with E-state index in [0.717, 1.165) is 0 Å². The Morgan fingerprint density at radius 2 is 1.82 bits per heavy atom. The number of aliphatic hydroxyl groups is 5. The average Bonchev–Trinajstić information content (AvgIpc) is 2.48. The third kappa shape index (κ3) is 3.39. The van der Waals surface area contributed by atoms with Gasteiger partial charge in [-0.05, 0) is 25.8 Å². The summed E-state index contributed by atoms with van der Waals surface area (Å²) in [5, 5.41) is 57.9. The van der Waals surface area contributed by atoms with Crippen molar-refractivity contribution < 1.29 is 40.2 Å². The summed E-state index contributed by atoms with van der Waals surface area (Å²) in [6.07, 6.45) is -6.92. The zero-order valence-corrected chi connectivity index (χ0v) is 12.0. The van der Waals surface area contributed by atoms with Crippen molar-refractivity contribution in [1.29, 1.82) is 0 Å². The van der Waals surface area contributed by atoms with E-state index in [1.54, 1.807) is 0 Å². The number of carboxylic acid groups (broad SMARTS) is 1. The summed E-state index contributed by atoms with van der Waals surface area (Å²) < 4.78 is 4.98. The predicted molar refractivity (Wildman–Crippen MR) is 72.4 cm³/mol. The molecule has 1 rings (SSSR count). The minimum atomic E-state index is -2.63. The molecule has 1 fully saturated rings.